The Kier molecular flexibility index (Phi) is 6.72. The molecule has 1 amide bonds. The fraction of sp³-hybridized carbons (Fsp3) is 0.923. The molecule has 4 heteroatoms. The zero-order chi connectivity index (χ0) is 13.6. The van der Waals surface area contributed by atoms with Crippen LogP contribution in [0.25, 0.3) is 0 Å². The predicted molar refractivity (Wildman–Crippen MR) is 72.8 cm³/mol. The van der Waals surface area contributed by atoms with Gasteiger partial charge in [-0.2, -0.15) is 0 Å². The summed E-state index contributed by atoms with van der Waals surface area (Å²) in [5, 5.41) is 2.89. The molecule has 0 aromatic heterocycles. The van der Waals surface area contributed by atoms with E-state index in [1.54, 1.807) is 0 Å². The standard InChI is InChI=1S/C13H29N3O/c1-7-10(2)16(6)9-8-15-12(17)11(14)13(3,4)5/h10-11H,7-9,14H2,1-6H3,(H,15,17)/t10?,11-/m1/s1. The van der Waals surface area contributed by atoms with Crippen LogP contribution in [0, 0.1) is 5.41 Å². The largest absolute Gasteiger partial charge is 0.353 e. The molecule has 0 saturated carbocycles. The number of rotatable bonds is 6. The van der Waals surface area contributed by atoms with Crippen LogP contribution >= 0.6 is 0 Å². The summed E-state index contributed by atoms with van der Waals surface area (Å²) in [6.45, 7) is 11.8. The summed E-state index contributed by atoms with van der Waals surface area (Å²) in [4.78, 5) is 14.0. The van der Waals surface area contributed by atoms with Gasteiger partial charge in [-0.3, -0.25) is 4.79 Å². The molecule has 0 radical (unpaired) electrons. The van der Waals surface area contributed by atoms with Gasteiger partial charge in [-0.1, -0.05) is 27.7 Å². The summed E-state index contributed by atoms with van der Waals surface area (Å²) < 4.78 is 0. The maximum Gasteiger partial charge on any atom is 0.237 e. The fourth-order valence-electron chi connectivity index (χ4n) is 1.39. The zero-order valence-electron chi connectivity index (χ0n) is 12.2. The van der Waals surface area contributed by atoms with Gasteiger partial charge < -0.3 is 16.0 Å². The molecule has 3 N–H and O–H groups in total. The van der Waals surface area contributed by atoms with Crippen molar-refractivity contribution in [3.8, 4) is 0 Å². The van der Waals surface area contributed by atoms with Gasteiger partial charge in [0, 0.05) is 19.1 Å². The van der Waals surface area contributed by atoms with E-state index in [2.05, 4.69) is 31.1 Å². The number of hydrogen-bond acceptors (Lipinski definition) is 3. The van der Waals surface area contributed by atoms with E-state index >= 15 is 0 Å². The molecule has 0 aliphatic heterocycles. The van der Waals surface area contributed by atoms with Crippen LogP contribution < -0.4 is 11.1 Å². The van der Waals surface area contributed by atoms with E-state index in [0.717, 1.165) is 13.0 Å². The van der Waals surface area contributed by atoms with Crippen LogP contribution in [0.3, 0.4) is 0 Å². The van der Waals surface area contributed by atoms with E-state index in [-0.39, 0.29) is 11.3 Å². The minimum atomic E-state index is -0.448. The van der Waals surface area contributed by atoms with Gasteiger partial charge >= 0.3 is 0 Å². The summed E-state index contributed by atoms with van der Waals surface area (Å²) in [5.41, 5.74) is 5.68. The van der Waals surface area contributed by atoms with Gasteiger partial charge in [0.2, 0.25) is 5.91 Å². The Morgan fingerprint density at radius 1 is 1.41 bits per heavy atom. The van der Waals surface area contributed by atoms with Crippen LogP contribution in [-0.4, -0.2) is 43.0 Å². The van der Waals surface area contributed by atoms with Gasteiger partial charge in [-0.25, -0.2) is 0 Å². The van der Waals surface area contributed by atoms with Crippen molar-refractivity contribution in [3.63, 3.8) is 0 Å². The van der Waals surface area contributed by atoms with E-state index in [4.69, 9.17) is 5.73 Å². The van der Waals surface area contributed by atoms with Crippen molar-refractivity contribution in [2.45, 2.75) is 53.1 Å². The number of carbonyl (C=O) groups is 1. The average Bonchev–Trinajstić information content (AvgIpc) is 2.25. The first-order chi connectivity index (χ1) is 7.70. The van der Waals surface area contributed by atoms with E-state index in [9.17, 15) is 4.79 Å². The maximum atomic E-state index is 11.8. The predicted octanol–water partition coefficient (Wildman–Crippen LogP) is 1.21. The Labute approximate surface area is 106 Å². The van der Waals surface area contributed by atoms with Crippen molar-refractivity contribution in [1.82, 2.24) is 10.2 Å². The molecule has 17 heavy (non-hydrogen) atoms. The molecule has 0 fully saturated rings. The second-order valence-electron chi connectivity index (χ2n) is 5.87. The maximum absolute atomic E-state index is 11.8. The molecule has 0 spiro atoms. The summed E-state index contributed by atoms with van der Waals surface area (Å²) >= 11 is 0. The smallest absolute Gasteiger partial charge is 0.237 e. The second-order valence-corrected chi connectivity index (χ2v) is 5.87. The Morgan fingerprint density at radius 3 is 2.35 bits per heavy atom. The highest BCUT2D eigenvalue weighted by Crippen LogP contribution is 2.16. The first-order valence-corrected chi connectivity index (χ1v) is 6.43. The van der Waals surface area contributed by atoms with Gasteiger partial charge in [0.05, 0.1) is 6.04 Å². The SMILES string of the molecule is CCC(C)N(C)CCNC(=O)[C@@H](N)C(C)(C)C. The van der Waals surface area contributed by atoms with Crippen molar-refractivity contribution in [2.75, 3.05) is 20.1 Å². The minimum Gasteiger partial charge on any atom is -0.353 e. The summed E-state index contributed by atoms with van der Waals surface area (Å²) in [6.07, 6.45) is 1.12. The Bertz CT molecular complexity index is 235. The molecule has 0 aliphatic rings. The van der Waals surface area contributed by atoms with E-state index in [1.165, 1.54) is 0 Å². The van der Waals surface area contributed by atoms with Crippen LogP contribution in [0.2, 0.25) is 0 Å². The van der Waals surface area contributed by atoms with Crippen LogP contribution in [-0.2, 0) is 4.79 Å². The lowest BCUT2D eigenvalue weighted by molar-refractivity contribution is -0.124. The molecule has 0 aromatic carbocycles. The lowest BCUT2D eigenvalue weighted by Crippen LogP contribution is -2.50. The van der Waals surface area contributed by atoms with E-state index in [0.29, 0.717) is 12.6 Å². The van der Waals surface area contributed by atoms with Crippen LogP contribution in [0.5, 0.6) is 0 Å². The number of carbonyl (C=O) groups excluding carboxylic acids is 1. The third kappa shape index (κ3) is 6.03. The molecule has 1 unspecified atom stereocenters. The second kappa shape index (κ2) is 6.97. The number of nitrogens with zero attached hydrogens (tertiary/aromatic N) is 1. The summed E-state index contributed by atoms with van der Waals surface area (Å²) in [7, 11) is 2.07. The Hall–Kier alpha value is -0.610. The molecular formula is C13H29N3O. The number of nitrogens with one attached hydrogen (secondary N) is 1. The van der Waals surface area contributed by atoms with Gasteiger partial charge in [-0.15, -0.1) is 0 Å². The summed E-state index contributed by atoms with van der Waals surface area (Å²) in [6, 6.07) is 0.0968. The molecule has 0 saturated heterocycles. The first kappa shape index (κ1) is 16.4. The third-order valence-corrected chi connectivity index (χ3v) is 3.32. The van der Waals surface area contributed by atoms with Crippen LogP contribution in [0.4, 0.5) is 0 Å². The Morgan fingerprint density at radius 2 is 1.94 bits per heavy atom. The molecule has 0 aliphatic carbocycles. The molecule has 0 heterocycles. The first-order valence-electron chi connectivity index (χ1n) is 6.43. The summed E-state index contributed by atoms with van der Waals surface area (Å²) in [5.74, 6) is -0.0601. The molecular weight excluding hydrogens is 214 g/mol. The van der Waals surface area contributed by atoms with E-state index < -0.39 is 6.04 Å². The number of likely N-dealkylation sites (N-methyl/N-ethyl adjacent to an activating group) is 1. The topological polar surface area (TPSA) is 58.4 Å². The number of hydrogen-bond donors (Lipinski definition) is 2. The molecule has 4 nitrogen and oxygen atoms in total. The lowest BCUT2D eigenvalue weighted by atomic mass is 9.87. The van der Waals surface area contributed by atoms with Gasteiger partial charge in [0.1, 0.15) is 0 Å². The quantitative estimate of drug-likeness (QED) is 0.737. The zero-order valence-corrected chi connectivity index (χ0v) is 12.2. The highest BCUT2D eigenvalue weighted by Gasteiger charge is 2.27. The molecule has 2 atom stereocenters. The fourth-order valence-corrected chi connectivity index (χ4v) is 1.39. The highest BCUT2D eigenvalue weighted by atomic mass is 16.2. The third-order valence-electron chi connectivity index (χ3n) is 3.32. The minimum absolute atomic E-state index is 0.0601. The average molecular weight is 243 g/mol. The lowest BCUT2D eigenvalue weighted by Gasteiger charge is -2.27. The normalized spacial score (nSPS) is 15.8. The van der Waals surface area contributed by atoms with Crippen molar-refractivity contribution in [3.05, 3.63) is 0 Å². The van der Waals surface area contributed by atoms with Gasteiger partial charge in [0.25, 0.3) is 0 Å². The van der Waals surface area contributed by atoms with Gasteiger partial charge in [-0.05, 0) is 25.8 Å². The number of amides is 1. The monoisotopic (exact) mass is 243 g/mol. The molecule has 0 bridgehead atoms. The van der Waals surface area contributed by atoms with Gasteiger partial charge in [0.15, 0.2) is 0 Å². The van der Waals surface area contributed by atoms with Crippen molar-refractivity contribution in [1.29, 1.82) is 0 Å². The van der Waals surface area contributed by atoms with E-state index in [1.807, 2.05) is 20.8 Å². The van der Waals surface area contributed by atoms with Crippen molar-refractivity contribution < 1.29 is 4.79 Å². The van der Waals surface area contributed by atoms with Crippen molar-refractivity contribution >= 4 is 5.91 Å². The highest BCUT2D eigenvalue weighted by molar-refractivity contribution is 5.82. The molecule has 0 aromatic rings. The molecule has 102 valence electrons. The molecule has 0 rings (SSSR count). The van der Waals surface area contributed by atoms with Crippen molar-refractivity contribution in [2.24, 2.45) is 11.1 Å². The number of nitrogens with two attached hydrogens (primary N) is 1. The Balaban J connectivity index is 3.94. The van der Waals surface area contributed by atoms with Crippen LogP contribution in [0.1, 0.15) is 41.0 Å². The van der Waals surface area contributed by atoms with Crippen LogP contribution in [0.15, 0.2) is 0 Å².